The lowest BCUT2D eigenvalue weighted by molar-refractivity contribution is -0.149. The summed E-state index contributed by atoms with van der Waals surface area (Å²) in [6.07, 6.45) is 1.34. The predicted molar refractivity (Wildman–Crippen MR) is 183 cm³/mol. The van der Waals surface area contributed by atoms with Crippen LogP contribution in [0.4, 0.5) is 0 Å². The van der Waals surface area contributed by atoms with Crippen molar-refractivity contribution < 1.29 is 41.6 Å². The Balaban J connectivity index is 0.00000288. The van der Waals surface area contributed by atoms with Gasteiger partial charge in [-0.3, -0.25) is 14.4 Å². The van der Waals surface area contributed by atoms with Crippen LogP contribution in [-0.2, 0) is 9.53 Å². The van der Waals surface area contributed by atoms with Gasteiger partial charge in [0.25, 0.3) is 0 Å². The summed E-state index contributed by atoms with van der Waals surface area (Å²) in [4.78, 5) is 41.5. The van der Waals surface area contributed by atoms with Crippen LogP contribution in [0.5, 0.6) is 0 Å². The summed E-state index contributed by atoms with van der Waals surface area (Å²) >= 11 is 0. The highest BCUT2D eigenvalue weighted by atomic mass is 79.9. The van der Waals surface area contributed by atoms with Crippen LogP contribution in [0.3, 0.4) is 0 Å². The van der Waals surface area contributed by atoms with Gasteiger partial charge >= 0.3 is 5.97 Å². The van der Waals surface area contributed by atoms with Crippen LogP contribution < -0.4 is 32.9 Å². The number of ether oxygens (including phenoxy) is 1. The number of carbonyl (C=O) groups excluding carboxylic acids is 3. The fourth-order valence-electron chi connectivity index (χ4n) is 5.57. The van der Waals surface area contributed by atoms with E-state index in [4.69, 9.17) is 4.74 Å². The van der Waals surface area contributed by atoms with E-state index in [1.54, 1.807) is 54.6 Å². The molecule has 0 spiro atoms. The largest absolute Gasteiger partial charge is 1.00 e. The van der Waals surface area contributed by atoms with Gasteiger partial charge in [0.05, 0.1) is 12.9 Å². The molecule has 46 heavy (non-hydrogen) atoms. The van der Waals surface area contributed by atoms with Crippen molar-refractivity contribution in [1.82, 2.24) is 0 Å². The smallest absolute Gasteiger partial charge is 0.316 e. The number of hydrogen-bond acceptors (Lipinski definition) is 4. The summed E-state index contributed by atoms with van der Waals surface area (Å²) in [5, 5.41) is 3.24. The minimum atomic E-state index is -2.54. The third-order valence-corrected chi connectivity index (χ3v) is 11.8. The van der Waals surface area contributed by atoms with Crippen LogP contribution in [0.25, 0.3) is 0 Å². The summed E-state index contributed by atoms with van der Waals surface area (Å²) in [6.45, 7) is 0. The molecule has 5 aromatic rings. The third-order valence-electron chi connectivity index (χ3n) is 7.84. The first-order valence-corrected chi connectivity index (χ1v) is 16.4. The molecule has 0 aliphatic carbocycles. The monoisotopic (exact) mass is 694 g/mol. The van der Waals surface area contributed by atoms with Crippen LogP contribution in [0, 0.1) is 5.41 Å². The Morgan fingerprint density at radius 1 is 0.565 bits per heavy atom. The molecule has 2 N–H and O–H groups in total. The van der Waals surface area contributed by atoms with Crippen LogP contribution in [0.2, 0.25) is 0 Å². The lowest BCUT2D eigenvalue weighted by Crippen LogP contribution is -3.00. The van der Waals surface area contributed by atoms with Crippen molar-refractivity contribution in [3.8, 4) is 0 Å². The fraction of sp³-hybridized carbons (Fsp3) is 0.103. The topological polar surface area (TPSA) is 91.9 Å². The fourth-order valence-corrected chi connectivity index (χ4v) is 9.42. The van der Waals surface area contributed by atoms with Crippen molar-refractivity contribution in [3.05, 3.63) is 175 Å². The van der Waals surface area contributed by atoms with Crippen molar-refractivity contribution >= 4 is 40.7 Å². The number of carbonyl (C=O) groups is 3. The van der Waals surface area contributed by atoms with Gasteiger partial charge in [-0.05, 0) is 42.5 Å². The molecule has 0 heterocycles. The zero-order chi connectivity index (χ0) is 30.8. The Kier molecular flexibility index (Phi) is 13.1. The molecule has 0 saturated carbocycles. The summed E-state index contributed by atoms with van der Waals surface area (Å²) in [7, 11) is -1.24. The Morgan fingerprint density at radius 3 is 1.17 bits per heavy atom. The Morgan fingerprint density at radius 2 is 0.870 bits per heavy atom. The average Bonchev–Trinajstić information content (AvgIpc) is 3.10. The maximum atomic E-state index is 13.9. The second-order valence-electron chi connectivity index (χ2n) is 10.6. The first kappa shape index (κ1) is 36.0. The molecular formula is C39H36BrO5P. The van der Waals surface area contributed by atoms with Gasteiger partial charge < -0.3 is 27.2 Å². The molecule has 234 valence electrons. The standard InChI is InChI=1S/C39H34O4P.BrH.H2O/c1-43-38(42)39(29-36(40)31-17-7-2-8-18-31,30-37(41)32-19-9-3-10-20-32)27-28-44(33-21-11-4-12-22-33,34-23-13-5-14-24-34)35-25-15-6-16-26-35;;/h2-28H,29-30H2,1H3;1H;1H2/q+1;;/p-1/b28-27+;;. The molecule has 0 aromatic heterocycles. The molecule has 0 amide bonds. The van der Waals surface area contributed by atoms with E-state index in [1.807, 2.05) is 66.7 Å². The average molecular weight is 696 g/mol. The van der Waals surface area contributed by atoms with Crippen molar-refractivity contribution in [2.24, 2.45) is 5.41 Å². The molecule has 0 aliphatic rings. The lowest BCUT2D eigenvalue weighted by Gasteiger charge is -2.29. The zero-order valence-electron chi connectivity index (χ0n) is 25.5. The minimum Gasteiger partial charge on any atom is -1.00 e. The number of benzene rings is 5. The van der Waals surface area contributed by atoms with Gasteiger partial charge in [-0.2, -0.15) is 0 Å². The highest BCUT2D eigenvalue weighted by Gasteiger charge is 2.47. The minimum absolute atomic E-state index is 0. The van der Waals surface area contributed by atoms with Crippen molar-refractivity contribution in [2.75, 3.05) is 7.11 Å². The van der Waals surface area contributed by atoms with Crippen molar-refractivity contribution in [2.45, 2.75) is 12.8 Å². The molecule has 0 saturated heterocycles. The summed E-state index contributed by atoms with van der Waals surface area (Å²) < 4.78 is 5.39. The molecule has 5 aromatic carbocycles. The summed E-state index contributed by atoms with van der Waals surface area (Å²) in [6, 6.07) is 48.3. The molecule has 0 radical (unpaired) electrons. The molecule has 7 heteroatoms. The molecular weight excluding hydrogens is 659 g/mol. The van der Waals surface area contributed by atoms with Gasteiger partial charge in [0.15, 0.2) is 11.6 Å². The number of esters is 1. The highest BCUT2D eigenvalue weighted by Crippen LogP contribution is 2.58. The maximum Gasteiger partial charge on any atom is 0.316 e. The quantitative estimate of drug-likeness (QED) is 0.114. The van der Waals surface area contributed by atoms with Gasteiger partial charge in [-0.1, -0.05) is 115 Å². The second-order valence-corrected chi connectivity index (χ2v) is 13.9. The second kappa shape index (κ2) is 16.7. The van der Waals surface area contributed by atoms with Crippen LogP contribution >= 0.6 is 7.26 Å². The summed E-state index contributed by atoms with van der Waals surface area (Å²) in [5.74, 6) is 0.962. The van der Waals surface area contributed by atoms with E-state index in [2.05, 4.69) is 42.2 Å². The number of ketones is 2. The number of rotatable bonds is 12. The predicted octanol–water partition coefficient (Wildman–Crippen LogP) is 3.38. The molecule has 0 bridgehead atoms. The first-order chi connectivity index (χ1) is 21.5. The normalized spacial score (nSPS) is 11.2. The van der Waals surface area contributed by atoms with Crippen LogP contribution in [0.15, 0.2) is 164 Å². The molecule has 0 fully saturated rings. The van der Waals surface area contributed by atoms with E-state index in [9.17, 15) is 14.4 Å². The summed E-state index contributed by atoms with van der Waals surface area (Å²) in [5.41, 5.74) is -0.619. The maximum absolute atomic E-state index is 13.9. The molecule has 5 rings (SSSR count). The van der Waals surface area contributed by atoms with E-state index < -0.39 is 18.6 Å². The number of methoxy groups -OCH3 is 1. The number of halogens is 1. The van der Waals surface area contributed by atoms with E-state index in [-0.39, 0.29) is 46.9 Å². The van der Waals surface area contributed by atoms with Gasteiger partial charge in [0, 0.05) is 24.0 Å². The van der Waals surface area contributed by atoms with Gasteiger partial charge in [-0.25, -0.2) is 0 Å². The zero-order valence-corrected chi connectivity index (χ0v) is 27.9. The van der Waals surface area contributed by atoms with Gasteiger partial charge in [-0.15, -0.1) is 0 Å². The molecule has 0 aliphatic heterocycles. The van der Waals surface area contributed by atoms with Crippen molar-refractivity contribution in [1.29, 1.82) is 0 Å². The third kappa shape index (κ3) is 7.83. The van der Waals surface area contributed by atoms with Crippen molar-refractivity contribution in [3.63, 3.8) is 0 Å². The lowest BCUT2D eigenvalue weighted by atomic mass is 9.76. The SMILES string of the molecule is COC(=O)C(/C=C/[P+](c1ccccc1)(c1ccccc1)c1ccccc1)(CC(=O)c1ccccc1)CC(=O)c1ccccc1.O.[Br-]. The Bertz CT molecular complexity index is 1580. The highest BCUT2D eigenvalue weighted by molar-refractivity contribution is 7.98. The van der Waals surface area contributed by atoms with Crippen LogP contribution in [0.1, 0.15) is 33.6 Å². The van der Waals surface area contributed by atoms with E-state index >= 15 is 0 Å². The molecule has 5 nitrogen and oxygen atoms in total. The van der Waals surface area contributed by atoms with Gasteiger partial charge in [0.1, 0.15) is 28.6 Å². The first-order valence-electron chi connectivity index (χ1n) is 14.5. The van der Waals surface area contributed by atoms with Gasteiger partial charge in [0.2, 0.25) is 0 Å². The van der Waals surface area contributed by atoms with E-state index in [1.165, 1.54) is 7.11 Å². The molecule has 0 unspecified atom stereocenters. The Labute approximate surface area is 281 Å². The number of Topliss-reactive ketones (excluding diaryl/α,β-unsaturated/α-hetero) is 2. The van der Waals surface area contributed by atoms with E-state index in [0.29, 0.717) is 11.1 Å². The number of hydrogen-bond donors (Lipinski definition) is 0. The van der Waals surface area contributed by atoms with Crippen LogP contribution in [-0.4, -0.2) is 30.1 Å². The Hall–Kier alpha value is -4.48. The molecule has 0 atom stereocenters. The van der Waals surface area contributed by atoms with E-state index in [0.717, 1.165) is 15.9 Å².